The molecular weight excluding hydrogens is 286 g/mol. The number of nitrogens with zero attached hydrogens (tertiary/aromatic N) is 1. The highest BCUT2D eigenvalue weighted by Crippen LogP contribution is 2.09. The number of nitrogen functional groups attached to an aromatic ring is 1. The Balaban J connectivity index is 1.97. The van der Waals surface area contributed by atoms with Crippen molar-refractivity contribution in [3.8, 4) is 0 Å². The van der Waals surface area contributed by atoms with Crippen LogP contribution in [0, 0.1) is 5.41 Å². The van der Waals surface area contributed by atoms with Crippen LogP contribution >= 0.6 is 0 Å². The first-order valence-corrected chi connectivity index (χ1v) is 8.32. The quantitative estimate of drug-likeness (QED) is 0.624. The Morgan fingerprint density at radius 3 is 2.38 bits per heavy atom. The molecule has 0 spiro atoms. The minimum absolute atomic E-state index is 0.0484. The van der Waals surface area contributed by atoms with Crippen molar-refractivity contribution >= 4 is 15.7 Å². The Labute approximate surface area is 124 Å². The van der Waals surface area contributed by atoms with E-state index in [-0.39, 0.29) is 17.3 Å². The summed E-state index contributed by atoms with van der Waals surface area (Å²) in [5.41, 5.74) is 7.32. The van der Waals surface area contributed by atoms with E-state index in [1.807, 2.05) is 18.2 Å². The van der Waals surface area contributed by atoms with Gasteiger partial charge in [-0.15, -0.1) is 0 Å². The lowest BCUT2D eigenvalue weighted by molar-refractivity contribution is 0.594. The fourth-order valence-electron chi connectivity index (χ4n) is 1.91. The Kier molecular flexibility index (Phi) is 4.70. The molecule has 0 saturated carbocycles. The number of hydrogen-bond donors (Lipinski definition) is 2. The number of rotatable bonds is 6. The predicted molar refractivity (Wildman–Crippen MR) is 82.9 cm³/mol. The highest BCUT2D eigenvalue weighted by molar-refractivity contribution is 7.90. The Hall–Kier alpha value is -2.21. The third-order valence-electron chi connectivity index (χ3n) is 3.03. The summed E-state index contributed by atoms with van der Waals surface area (Å²) in [6.07, 6.45) is 1.97. The van der Waals surface area contributed by atoms with Crippen LogP contribution in [-0.2, 0) is 22.0 Å². The summed E-state index contributed by atoms with van der Waals surface area (Å²) >= 11 is 0. The van der Waals surface area contributed by atoms with Crippen LogP contribution in [0.4, 0.5) is 0 Å². The van der Waals surface area contributed by atoms with Crippen LogP contribution in [0.15, 0.2) is 48.7 Å². The number of pyridine rings is 1. The topological polar surface area (TPSA) is 96.9 Å². The van der Waals surface area contributed by atoms with Crippen molar-refractivity contribution in [2.75, 3.05) is 5.75 Å². The van der Waals surface area contributed by atoms with Gasteiger partial charge in [0.05, 0.1) is 11.5 Å². The van der Waals surface area contributed by atoms with Crippen LogP contribution in [0.5, 0.6) is 0 Å². The molecule has 0 bridgehead atoms. The average Bonchev–Trinajstić information content (AvgIpc) is 2.46. The van der Waals surface area contributed by atoms with Gasteiger partial charge in [-0.1, -0.05) is 36.4 Å². The number of aromatic nitrogens is 1. The van der Waals surface area contributed by atoms with E-state index in [2.05, 4.69) is 4.98 Å². The van der Waals surface area contributed by atoms with Gasteiger partial charge in [0.15, 0.2) is 9.84 Å². The molecule has 0 aliphatic carbocycles. The van der Waals surface area contributed by atoms with Crippen molar-refractivity contribution in [3.63, 3.8) is 0 Å². The van der Waals surface area contributed by atoms with Gasteiger partial charge < -0.3 is 5.73 Å². The van der Waals surface area contributed by atoms with Gasteiger partial charge in [0.1, 0.15) is 11.5 Å². The first kappa shape index (κ1) is 15.2. The Morgan fingerprint density at radius 1 is 1.10 bits per heavy atom. The molecule has 5 nitrogen and oxygen atoms in total. The van der Waals surface area contributed by atoms with Crippen LogP contribution in [0.1, 0.15) is 16.8 Å². The second kappa shape index (κ2) is 6.49. The lowest BCUT2D eigenvalue weighted by atomic mass is 10.2. The number of amidine groups is 1. The third kappa shape index (κ3) is 4.68. The highest BCUT2D eigenvalue weighted by Gasteiger charge is 2.12. The lowest BCUT2D eigenvalue weighted by Crippen LogP contribution is -2.14. The number of nitrogens with one attached hydrogen (secondary N) is 1. The van der Waals surface area contributed by atoms with E-state index in [1.165, 1.54) is 0 Å². The van der Waals surface area contributed by atoms with Gasteiger partial charge in [0.25, 0.3) is 0 Å². The summed E-state index contributed by atoms with van der Waals surface area (Å²) in [7, 11) is -3.15. The molecule has 110 valence electrons. The number of benzene rings is 1. The maximum Gasteiger partial charge on any atom is 0.154 e. The van der Waals surface area contributed by atoms with Gasteiger partial charge in [-0.2, -0.15) is 0 Å². The maximum atomic E-state index is 12.1. The summed E-state index contributed by atoms with van der Waals surface area (Å²) in [5, 5.41) is 7.25. The number of aryl methyl sites for hydroxylation is 1. The molecule has 0 unspecified atom stereocenters. The van der Waals surface area contributed by atoms with Gasteiger partial charge in [0.2, 0.25) is 0 Å². The standard InChI is InChI=1S/C15H17N3O2S/c16-15(17)14-7-6-12(10-18-14)8-9-21(19,20)11-13-4-2-1-3-5-13/h1-7,10H,8-9,11H2,(H3,16,17). The maximum absolute atomic E-state index is 12.1. The van der Waals surface area contributed by atoms with E-state index in [4.69, 9.17) is 11.1 Å². The molecule has 0 aliphatic rings. The van der Waals surface area contributed by atoms with Crippen LogP contribution in [-0.4, -0.2) is 25.0 Å². The monoisotopic (exact) mass is 303 g/mol. The highest BCUT2D eigenvalue weighted by atomic mass is 32.2. The van der Waals surface area contributed by atoms with Crippen molar-refractivity contribution in [1.82, 2.24) is 4.98 Å². The zero-order valence-corrected chi connectivity index (χ0v) is 12.3. The number of sulfone groups is 1. The molecule has 6 heteroatoms. The fourth-order valence-corrected chi connectivity index (χ4v) is 3.30. The fraction of sp³-hybridized carbons (Fsp3) is 0.200. The summed E-state index contributed by atoms with van der Waals surface area (Å²) in [5.74, 6) is 0.0220. The molecule has 2 aromatic rings. The molecule has 0 saturated heterocycles. The van der Waals surface area contributed by atoms with Crippen LogP contribution < -0.4 is 5.73 Å². The zero-order chi connectivity index (χ0) is 15.3. The minimum Gasteiger partial charge on any atom is -0.382 e. The summed E-state index contributed by atoms with van der Waals surface area (Å²) < 4.78 is 24.1. The van der Waals surface area contributed by atoms with Crippen molar-refractivity contribution in [3.05, 3.63) is 65.5 Å². The van der Waals surface area contributed by atoms with E-state index in [0.717, 1.165) is 11.1 Å². The van der Waals surface area contributed by atoms with Crippen LogP contribution in [0.2, 0.25) is 0 Å². The van der Waals surface area contributed by atoms with Crippen LogP contribution in [0.3, 0.4) is 0 Å². The molecule has 0 radical (unpaired) electrons. The van der Waals surface area contributed by atoms with E-state index in [0.29, 0.717) is 12.1 Å². The molecule has 0 fully saturated rings. The molecule has 3 N–H and O–H groups in total. The van der Waals surface area contributed by atoms with Gasteiger partial charge in [-0.05, 0) is 23.6 Å². The Morgan fingerprint density at radius 2 is 1.81 bits per heavy atom. The van der Waals surface area contributed by atoms with Crippen LogP contribution in [0.25, 0.3) is 0 Å². The van der Waals surface area contributed by atoms with Gasteiger partial charge >= 0.3 is 0 Å². The Bertz CT molecular complexity index is 710. The zero-order valence-electron chi connectivity index (χ0n) is 11.5. The molecule has 0 atom stereocenters. The van der Waals surface area contributed by atoms with E-state index < -0.39 is 9.84 Å². The molecule has 21 heavy (non-hydrogen) atoms. The summed E-state index contributed by atoms with van der Waals surface area (Å²) in [6.45, 7) is 0. The smallest absolute Gasteiger partial charge is 0.154 e. The largest absolute Gasteiger partial charge is 0.382 e. The predicted octanol–water partition coefficient (Wildman–Crippen LogP) is 1.52. The van der Waals surface area contributed by atoms with Crippen molar-refractivity contribution in [1.29, 1.82) is 5.41 Å². The first-order chi connectivity index (χ1) is 9.96. The average molecular weight is 303 g/mol. The normalized spacial score (nSPS) is 11.2. The van der Waals surface area contributed by atoms with Gasteiger partial charge in [-0.3, -0.25) is 10.4 Å². The van der Waals surface area contributed by atoms with E-state index in [9.17, 15) is 8.42 Å². The third-order valence-corrected chi connectivity index (χ3v) is 4.63. The molecule has 1 heterocycles. The second-order valence-corrected chi connectivity index (χ2v) is 6.98. The van der Waals surface area contributed by atoms with Gasteiger partial charge in [-0.25, -0.2) is 8.42 Å². The second-order valence-electron chi connectivity index (χ2n) is 4.79. The van der Waals surface area contributed by atoms with Crippen molar-refractivity contribution < 1.29 is 8.42 Å². The molecule has 1 aromatic heterocycles. The SMILES string of the molecule is N=C(N)c1ccc(CCS(=O)(=O)Cc2ccccc2)cn1. The van der Waals surface area contributed by atoms with Gasteiger partial charge in [0, 0.05) is 6.20 Å². The lowest BCUT2D eigenvalue weighted by Gasteiger charge is -2.05. The summed E-state index contributed by atoms with van der Waals surface area (Å²) in [4.78, 5) is 4.02. The first-order valence-electron chi connectivity index (χ1n) is 6.50. The van der Waals surface area contributed by atoms with Crippen molar-refractivity contribution in [2.24, 2.45) is 5.73 Å². The molecule has 2 rings (SSSR count). The van der Waals surface area contributed by atoms with E-state index >= 15 is 0 Å². The molecule has 0 aliphatic heterocycles. The minimum atomic E-state index is -3.15. The molecule has 1 aromatic carbocycles. The molecular formula is C15H17N3O2S. The van der Waals surface area contributed by atoms with E-state index in [1.54, 1.807) is 30.5 Å². The number of hydrogen-bond acceptors (Lipinski definition) is 4. The molecule has 0 amide bonds. The summed E-state index contributed by atoms with van der Waals surface area (Å²) in [6, 6.07) is 12.5. The van der Waals surface area contributed by atoms with Crippen molar-refractivity contribution in [2.45, 2.75) is 12.2 Å². The number of nitrogens with two attached hydrogens (primary N) is 1.